The minimum atomic E-state index is 1.23. The molecule has 2 aliphatic rings. The van der Waals surface area contributed by atoms with Crippen molar-refractivity contribution in [2.75, 3.05) is 13.6 Å². The van der Waals surface area contributed by atoms with Crippen LogP contribution in [0, 0.1) is 0 Å². The number of allylic oxidation sites excluding steroid dienone is 3. The summed E-state index contributed by atoms with van der Waals surface area (Å²) >= 11 is 0. The van der Waals surface area contributed by atoms with Crippen molar-refractivity contribution in [1.82, 2.24) is 4.90 Å². The van der Waals surface area contributed by atoms with E-state index in [1.54, 1.807) is 11.3 Å². The van der Waals surface area contributed by atoms with Crippen LogP contribution in [-0.2, 0) is 0 Å². The average molecular weight is 149 g/mol. The van der Waals surface area contributed by atoms with E-state index in [-0.39, 0.29) is 0 Å². The van der Waals surface area contributed by atoms with Crippen molar-refractivity contribution in [3.8, 4) is 0 Å². The molecular weight excluding hydrogens is 134 g/mol. The van der Waals surface area contributed by atoms with Gasteiger partial charge in [-0.15, -0.1) is 0 Å². The van der Waals surface area contributed by atoms with Crippen LogP contribution in [0.1, 0.15) is 26.2 Å². The number of rotatable bonds is 0. The summed E-state index contributed by atoms with van der Waals surface area (Å²) < 4.78 is 0. The summed E-state index contributed by atoms with van der Waals surface area (Å²) in [6, 6.07) is 0. The smallest absolute Gasteiger partial charge is 0.0213 e. The molecule has 0 saturated heterocycles. The largest absolute Gasteiger partial charge is 0.377 e. The van der Waals surface area contributed by atoms with Gasteiger partial charge in [0.15, 0.2) is 0 Å². The molecular formula is C10H15N. The molecule has 0 N–H and O–H groups in total. The topological polar surface area (TPSA) is 3.24 Å². The zero-order chi connectivity index (χ0) is 7.84. The van der Waals surface area contributed by atoms with Crippen LogP contribution in [0.5, 0.6) is 0 Å². The molecule has 0 spiro atoms. The SMILES string of the molecule is CC1=CCCC2=C1CCN2C. The first-order valence-electron chi connectivity index (χ1n) is 4.39. The molecule has 0 aromatic rings. The van der Waals surface area contributed by atoms with E-state index >= 15 is 0 Å². The molecule has 1 aliphatic carbocycles. The second-order valence-electron chi connectivity index (χ2n) is 3.52. The van der Waals surface area contributed by atoms with Crippen molar-refractivity contribution in [2.24, 2.45) is 0 Å². The van der Waals surface area contributed by atoms with E-state index in [4.69, 9.17) is 0 Å². The quantitative estimate of drug-likeness (QED) is 0.511. The van der Waals surface area contributed by atoms with Crippen LogP contribution in [0.4, 0.5) is 0 Å². The van der Waals surface area contributed by atoms with Gasteiger partial charge in [-0.3, -0.25) is 0 Å². The third-order valence-corrected chi connectivity index (χ3v) is 2.81. The molecule has 0 aromatic heterocycles. The fourth-order valence-corrected chi connectivity index (χ4v) is 2.10. The molecule has 0 atom stereocenters. The van der Waals surface area contributed by atoms with E-state index < -0.39 is 0 Å². The van der Waals surface area contributed by atoms with Crippen LogP contribution in [-0.4, -0.2) is 18.5 Å². The average Bonchev–Trinajstić information content (AvgIpc) is 2.35. The van der Waals surface area contributed by atoms with E-state index in [2.05, 4.69) is 24.9 Å². The summed E-state index contributed by atoms with van der Waals surface area (Å²) in [5.41, 5.74) is 4.75. The van der Waals surface area contributed by atoms with Crippen molar-refractivity contribution in [1.29, 1.82) is 0 Å². The number of hydrogen-bond donors (Lipinski definition) is 0. The second kappa shape index (κ2) is 2.40. The third kappa shape index (κ3) is 0.991. The lowest BCUT2D eigenvalue weighted by Crippen LogP contribution is -2.13. The maximum atomic E-state index is 2.41. The Morgan fingerprint density at radius 2 is 2.18 bits per heavy atom. The Labute approximate surface area is 68.4 Å². The Balaban J connectivity index is 2.35. The van der Waals surface area contributed by atoms with E-state index in [0.717, 1.165) is 0 Å². The fraction of sp³-hybridized carbons (Fsp3) is 0.600. The first kappa shape index (κ1) is 6.96. The molecule has 1 nitrogen and oxygen atoms in total. The molecule has 1 heterocycles. The predicted molar refractivity (Wildman–Crippen MR) is 47.3 cm³/mol. The molecule has 0 saturated carbocycles. The molecule has 0 unspecified atom stereocenters. The van der Waals surface area contributed by atoms with Crippen LogP contribution in [0.3, 0.4) is 0 Å². The van der Waals surface area contributed by atoms with Gasteiger partial charge in [-0.05, 0) is 31.8 Å². The first-order chi connectivity index (χ1) is 5.29. The Kier molecular flexibility index (Phi) is 1.52. The Bertz CT molecular complexity index is 235. The van der Waals surface area contributed by atoms with Gasteiger partial charge >= 0.3 is 0 Å². The predicted octanol–water partition coefficient (Wildman–Crippen LogP) is 2.32. The molecule has 1 aliphatic heterocycles. The molecule has 1 heteroatoms. The van der Waals surface area contributed by atoms with Crippen LogP contribution < -0.4 is 0 Å². The van der Waals surface area contributed by atoms with Gasteiger partial charge in [0.25, 0.3) is 0 Å². The Morgan fingerprint density at radius 3 is 2.91 bits per heavy atom. The second-order valence-corrected chi connectivity index (χ2v) is 3.52. The highest BCUT2D eigenvalue weighted by Gasteiger charge is 2.21. The van der Waals surface area contributed by atoms with Gasteiger partial charge in [0.1, 0.15) is 0 Å². The highest BCUT2D eigenvalue weighted by atomic mass is 15.1. The van der Waals surface area contributed by atoms with E-state index in [1.807, 2.05) is 0 Å². The van der Waals surface area contributed by atoms with Gasteiger partial charge in [-0.1, -0.05) is 11.6 Å². The molecule has 11 heavy (non-hydrogen) atoms. The normalized spacial score (nSPS) is 23.8. The summed E-state index contributed by atoms with van der Waals surface area (Å²) in [7, 11) is 2.21. The summed E-state index contributed by atoms with van der Waals surface area (Å²) in [5.74, 6) is 0. The highest BCUT2D eigenvalue weighted by molar-refractivity contribution is 5.39. The van der Waals surface area contributed by atoms with Gasteiger partial charge < -0.3 is 4.90 Å². The molecule has 0 fully saturated rings. The lowest BCUT2D eigenvalue weighted by atomic mass is 9.96. The summed E-state index contributed by atoms with van der Waals surface area (Å²) in [5, 5.41) is 0. The van der Waals surface area contributed by atoms with Crippen molar-refractivity contribution >= 4 is 0 Å². The minimum absolute atomic E-state index is 1.23. The van der Waals surface area contributed by atoms with Crippen LogP contribution in [0.2, 0.25) is 0 Å². The van der Waals surface area contributed by atoms with Gasteiger partial charge in [-0.25, -0.2) is 0 Å². The molecule has 0 bridgehead atoms. The van der Waals surface area contributed by atoms with Crippen molar-refractivity contribution in [3.63, 3.8) is 0 Å². The van der Waals surface area contributed by atoms with Gasteiger partial charge in [0, 0.05) is 19.3 Å². The van der Waals surface area contributed by atoms with Crippen LogP contribution in [0.25, 0.3) is 0 Å². The molecule has 0 amide bonds. The maximum absolute atomic E-state index is 2.41. The lowest BCUT2D eigenvalue weighted by Gasteiger charge is -2.19. The summed E-state index contributed by atoms with van der Waals surface area (Å²) in [6.07, 6.45) is 6.16. The zero-order valence-electron chi connectivity index (χ0n) is 7.35. The molecule has 0 radical (unpaired) electrons. The molecule has 60 valence electrons. The van der Waals surface area contributed by atoms with Gasteiger partial charge in [0.05, 0.1) is 0 Å². The number of nitrogens with zero attached hydrogens (tertiary/aromatic N) is 1. The Hall–Kier alpha value is -0.720. The van der Waals surface area contributed by atoms with Gasteiger partial charge in [-0.2, -0.15) is 0 Å². The number of hydrogen-bond acceptors (Lipinski definition) is 1. The van der Waals surface area contributed by atoms with Crippen LogP contribution in [0.15, 0.2) is 22.9 Å². The van der Waals surface area contributed by atoms with Gasteiger partial charge in [0.2, 0.25) is 0 Å². The zero-order valence-corrected chi connectivity index (χ0v) is 7.35. The van der Waals surface area contributed by atoms with Crippen molar-refractivity contribution < 1.29 is 0 Å². The first-order valence-corrected chi connectivity index (χ1v) is 4.39. The van der Waals surface area contributed by atoms with E-state index in [9.17, 15) is 0 Å². The van der Waals surface area contributed by atoms with Crippen LogP contribution >= 0.6 is 0 Å². The van der Waals surface area contributed by atoms with E-state index in [1.165, 1.54) is 31.4 Å². The lowest BCUT2D eigenvalue weighted by molar-refractivity contribution is 0.442. The van der Waals surface area contributed by atoms with E-state index in [0.29, 0.717) is 0 Å². The highest BCUT2D eigenvalue weighted by Crippen LogP contribution is 2.33. The Morgan fingerprint density at radius 1 is 1.36 bits per heavy atom. The standard InChI is InChI=1S/C10H15N/c1-8-4-3-5-10-9(8)6-7-11(10)2/h4H,3,5-7H2,1-2H3. The van der Waals surface area contributed by atoms with Crippen molar-refractivity contribution in [2.45, 2.75) is 26.2 Å². The fourth-order valence-electron chi connectivity index (χ4n) is 2.10. The summed E-state index contributed by atoms with van der Waals surface area (Å²) in [6.45, 7) is 3.48. The summed E-state index contributed by atoms with van der Waals surface area (Å²) in [4.78, 5) is 2.41. The third-order valence-electron chi connectivity index (χ3n) is 2.81. The monoisotopic (exact) mass is 149 g/mol. The van der Waals surface area contributed by atoms with Crippen molar-refractivity contribution in [3.05, 3.63) is 22.9 Å². The molecule has 2 rings (SSSR count). The minimum Gasteiger partial charge on any atom is -0.377 e. The maximum Gasteiger partial charge on any atom is 0.0213 e. The molecule has 0 aromatic carbocycles.